The molecule has 1 aliphatic heterocycles. The van der Waals surface area contributed by atoms with Crippen LogP contribution in [0.5, 0.6) is 0 Å². The molecule has 2 heterocycles. The van der Waals surface area contributed by atoms with E-state index in [0.717, 1.165) is 25.9 Å². The van der Waals surface area contributed by atoms with Crippen molar-refractivity contribution in [2.24, 2.45) is 0 Å². The number of aromatic carboxylic acids is 1. The number of rotatable bonds is 4. The van der Waals surface area contributed by atoms with Crippen LogP contribution in [-0.4, -0.2) is 53.2 Å². The van der Waals surface area contributed by atoms with Crippen LogP contribution in [0.4, 0.5) is 4.79 Å². The van der Waals surface area contributed by atoms with Gasteiger partial charge in [0, 0.05) is 11.4 Å². The van der Waals surface area contributed by atoms with Crippen LogP contribution in [-0.2, 0) is 0 Å². The normalized spacial score (nSPS) is 18.2. The van der Waals surface area contributed by atoms with Gasteiger partial charge in [-0.15, -0.1) is 11.3 Å². The smallest absolute Gasteiger partial charge is 0.355 e. The van der Waals surface area contributed by atoms with Gasteiger partial charge in [0.2, 0.25) is 0 Å². The van der Waals surface area contributed by atoms with Gasteiger partial charge in [-0.1, -0.05) is 0 Å². The Bertz CT molecular complexity index is 511. The average Bonchev–Trinajstić information content (AvgIpc) is 2.91. The fraction of sp³-hybridized carbons (Fsp3) is 0.615. The predicted octanol–water partition coefficient (Wildman–Crippen LogP) is 1.30. The number of urea groups is 1. The number of amides is 2. The Hall–Kier alpha value is -1.67. The lowest BCUT2D eigenvalue weighted by molar-refractivity contribution is 0.0691. The van der Waals surface area contributed by atoms with Gasteiger partial charge in [-0.25, -0.2) is 14.6 Å². The summed E-state index contributed by atoms with van der Waals surface area (Å²) in [6.45, 7) is 3.75. The Kier molecular flexibility index (Phi) is 5.13. The lowest BCUT2D eigenvalue weighted by Crippen LogP contribution is -2.47. The zero-order chi connectivity index (χ0) is 15.4. The summed E-state index contributed by atoms with van der Waals surface area (Å²) in [5, 5.41) is 16.7. The summed E-state index contributed by atoms with van der Waals surface area (Å²) >= 11 is 1.23. The number of hydrogen-bond acceptors (Lipinski definition) is 5. The molecule has 2 rings (SSSR count). The number of carbonyl (C=O) groups excluding carboxylic acids is 1. The first-order valence-electron chi connectivity index (χ1n) is 6.90. The highest BCUT2D eigenvalue weighted by Crippen LogP contribution is 2.18. The summed E-state index contributed by atoms with van der Waals surface area (Å²) in [5.41, 5.74) is 0.0133. The molecule has 0 spiro atoms. The molecule has 1 aliphatic rings. The van der Waals surface area contributed by atoms with Crippen LogP contribution in [0.25, 0.3) is 0 Å². The maximum Gasteiger partial charge on any atom is 0.355 e. The summed E-state index contributed by atoms with van der Waals surface area (Å²) in [4.78, 5) is 29.0. The maximum absolute atomic E-state index is 11.9. The monoisotopic (exact) mass is 312 g/mol. The van der Waals surface area contributed by atoms with Gasteiger partial charge in [-0.3, -0.25) is 0 Å². The molecular weight excluding hydrogens is 292 g/mol. The van der Waals surface area contributed by atoms with Crippen molar-refractivity contribution in [2.45, 2.75) is 31.8 Å². The molecule has 0 saturated carbocycles. The molecule has 1 fully saturated rings. The molecule has 7 nitrogen and oxygen atoms in total. The number of piperidine rings is 1. The molecule has 1 aromatic rings. The second-order valence-corrected chi connectivity index (χ2v) is 6.18. The molecule has 1 unspecified atom stereocenters. The van der Waals surface area contributed by atoms with E-state index in [1.807, 2.05) is 0 Å². The molecule has 0 aliphatic carbocycles. The summed E-state index contributed by atoms with van der Waals surface area (Å²) in [5.74, 6) is -1.06. The molecule has 8 heteroatoms. The number of aromatic nitrogens is 1. The molecule has 1 atom stereocenters. The van der Waals surface area contributed by atoms with Gasteiger partial charge >= 0.3 is 12.0 Å². The summed E-state index contributed by atoms with van der Waals surface area (Å²) in [6, 6.07) is -0.349. The van der Waals surface area contributed by atoms with Gasteiger partial charge in [-0.05, 0) is 39.9 Å². The molecule has 1 saturated heterocycles. The SMILES string of the molecule is CC(NC(=O)NC1CCN(C)CC1)c1nc(C(=O)O)cs1. The Labute approximate surface area is 127 Å². The van der Waals surface area contributed by atoms with Gasteiger partial charge < -0.3 is 20.6 Å². The van der Waals surface area contributed by atoms with Crippen molar-refractivity contribution in [1.29, 1.82) is 0 Å². The van der Waals surface area contributed by atoms with E-state index in [0.29, 0.717) is 5.01 Å². The van der Waals surface area contributed by atoms with Crippen molar-refractivity contribution in [3.63, 3.8) is 0 Å². The third-order valence-corrected chi connectivity index (χ3v) is 4.54. The summed E-state index contributed by atoms with van der Waals surface area (Å²) in [7, 11) is 2.07. The number of nitrogens with one attached hydrogen (secondary N) is 2. The van der Waals surface area contributed by atoms with Gasteiger partial charge in [0.15, 0.2) is 5.69 Å². The van der Waals surface area contributed by atoms with Gasteiger partial charge in [0.1, 0.15) is 5.01 Å². The number of carbonyl (C=O) groups is 2. The number of hydrogen-bond donors (Lipinski definition) is 3. The van der Waals surface area contributed by atoms with Gasteiger partial charge in [0.05, 0.1) is 6.04 Å². The third kappa shape index (κ3) is 4.40. The van der Waals surface area contributed by atoms with Gasteiger partial charge in [0.25, 0.3) is 0 Å². The van der Waals surface area contributed by atoms with E-state index >= 15 is 0 Å². The van der Waals surface area contributed by atoms with Gasteiger partial charge in [-0.2, -0.15) is 0 Å². The fourth-order valence-electron chi connectivity index (χ4n) is 2.22. The van der Waals surface area contributed by atoms with Crippen molar-refractivity contribution in [3.05, 3.63) is 16.1 Å². The zero-order valence-electron chi connectivity index (χ0n) is 12.1. The molecule has 0 aromatic carbocycles. The molecule has 3 N–H and O–H groups in total. The van der Waals surface area contributed by atoms with E-state index in [-0.39, 0.29) is 23.8 Å². The van der Waals surface area contributed by atoms with Crippen LogP contribution in [0.2, 0.25) is 0 Å². The average molecular weight is 312 g/mol. The van der Waals surface area contributed by atoms with E-state index in [2.05, 4.69) is 27.6 Å². The highest BCUT2D eigenvalue weighted by atomic mass is 32.1. The number of carboxylic acids is 1. The maximum atomic E-state index is 11.9. The van der Waals surface area contributed by atoms with Crippen molar-refractivity contribution in [1.82, 2.24) is 20.5 Å². The Morgan fingerprint density at radius 3 is 2.71 bits per heavy atom. The first kappa shape index (κ1) is 15.7. The molecular formula is C13H20N4O3S. The van der Waals surface area contributed by atoms with Crippen molar-refractivity contribution >= 4 is 23.3 Å². The molecule has 1 aromatic heterocycles. The largest absolute Gasteiger partial charge is 0.476 e. The van der Waals surface area contributed by atoms with Crippen LogP contribution in [0.3, 0.4) is 0 Å². The quantitative estimate of drug-likeness (QED) is 0.779. The van der Waals surface area contributed by atoms with E-state index in [1.54, 1.807) is 6.92 Å². The molecule has 116 valence electrons. The number of nitrogens with zero attached hydrogens (tertiary/aromatic N) is 2. The minimum atomic E-state index is -1.06. The lowest BCUT2D eigenvalue weighted by atomic mass is 10.1. The third-order valence-electron chi connectivity index (χ3n) is 3.51. The minimum absolute atomic E-state index is 0.0133. The number of thiazole rings is 1. The van der Waals surface area contributed by atoms with Crippen molar-refractivity contribution in [3.8, 4) is 0 Å². The number of likely N-dealkylation sites (tertiary alicyclic amines) is 1. The highest BCUT2D eigenvalue weighted by Gasteiger charge is 2.20. The topological polar surface area (TPSA) is 94.6 Å². The molecule has 2 amide bonds. The summed E-state index contributed by atoms with van der Waals surface area (Å²) in [6.07, 6.45) is 1.89. The van der Waals surface area contributed by atoms with Crippen molar-refractivity contribution in [2.75, 3.05) is 20.1 Å². The summed E-state index contributed by atoms with van der Waals surface area (Å²) < 4.78 is 0. The number of carboxylic acid groups (broad SMARTS) is 1. The molecule has 0 bridgehead atoms. The second-order valence-electron chi connectivity index (χ2n) is 5.29. The van der Waals surface area contributed by atoms with E-state index in [4.69, 9.17) is 5.11 Å². The Morgan fingerprint density at radius 2 is 2.14 bits per heavy atom. The van der Waals surface area contributed by atoms with E-state index in [1.165, 1.54) is 16.7 Å². The van der Waals surface area contributed by atoms with Crippen LogP contribution >= 0.6 is 11.3 Å². The first-order valence-corrected chi connectivity index (χ1v) is 7.78. The predicted molar refractivity (Wildman–Crippen MR) is 79.7 cm³/mol. The second kappa shape index (κ2) is 6.86. The zero-order valence-corrected chi connectivity index (χ0v) is 12.9. The van der Waals surface area contributed by atoms with Crippen molar-refractivity contribution < 1.29 is 14.7 Å². The Morgan fingerprint density at radius 1 is 1.48 bits per heavy atom. The first-order chi connectivity index (χ1) is 9.95. The molecule has 21 heavy (non-hydrogen) atoms. The van der Waals surface area contributed by atoms with E-state index < -0.39 is 5.97 Å². The van der Waals surface area contributed by atoms with E-state index in [9.17, 15) is 9.59 Å². The molecule has 0 radical (unpaired) electrons. The van der Waals surface area contributed by atoms with Crippen LogP contribution < -0.4 is 10.6 Å². The fourth-order valence-corrected chi connectivity index (χ4v) is 3.02. The lowest BCUT2D eigenvalue weighted by Gasteiger charge is -2.29. The van der Waals surface area contributed by atoms with Crippen LogP contribution in [0, 0.1) is 0 Å². The van der Waals surface area contributed by atoms with Crippen LogP contribution in [0.15, 0.2) is 5.38 Å². The van der Waals surface area contributed by atoms with Crippen LogP contribution in [0.1, 0.15) is 41.3 Å². The standard InChI is InChI=1S/C13H20N4O3S/c1-8(11-16-10(7-21-11)12(18)19)14-13(20)15-9-3-5-17(2)6-4-9/h7-9H,3-6H2,1-2H3,(H,18,19)(H2,14,15,20). The minimum Gasteiger partial charge on any atom is -0.476 e. The Balaban J connectivity index is 1.82. The highest BCUT2D eigenvalue weighted by molar-refractivity contribution is 7.09.